The average molecular weight is 495 g/mol. The van der Waals surface area contributed by atoms with Gasteiger partial charge >= 0.3 is 0 Å². The van der Waals surface area contributed by atoms with Crippen LogP contribution in [0.1, 0.15) is 49.3 Å². The lowest BCUT2D eigenvalue weighted by atomic mass is 9.99. The summed E-state index contributed by atoms with van der Waals surface area (Å²) in [4.78, 5) is 29.6. The lowest BCUT2D eigenvalue weighted by molar-refractivity contribution is -0.131. The van der Waals surface area contributed by atoms with Crippen molar-refractivity contribution in [2.24, 2.45) is 17.6 Å². The zero-order valence-corrected chi connectivity index (χ0v) is 20.9. The lowest BCUT2D eigenvalue weighted by Crippen LogP contribution is -2.49. The van der Waals surface area contributed by atoms with Gasteiger partial charge in [-0.15, -0.1) is 0 Å². The van der Waals surface area contributed by atoms with Crippen molar-refractivity contribution < 1.29 is 9.59 Å². The minimum absolute atomic E-state index is 0.182. The van der Waals surface area contributed by atoms with Crippen LogP contribution in [-0.2, 0) is 16.0 Å². The SMILES string of the molecule is NC(=O)C(NC(C1CC1)C1CC1)c1ccccc1N1CCN(C(=O)CCc2ccc(Cl)cc2)CC1. The molecule has 1 heterocycles. The van der Waals surface area contributed by atoms with E-state index in [0.717, 1.165) is 29.9 Å². The number of nitrogens with one attached hydrogen (secondary N) is 1. The Bertz CT molecular complexity index is 1030. The topological polar surface area (TPSA) is 78.7 Å². The molecule has 1 unspecified atom stereocenters. The molecule has 3 aliphatic rings. The van der Waals surface area contributed by atoms with Crippen LogP contribution in [-0.4, -0.2) is 48.9 Å². The van der Waals surface area contributed by atoms with Gasteiger partial charge in [0.1, 0.15) is 6.04 Å². The monoisotopic (exact) mass is 494 g/mol. The first kappa shape index (κ1) is 24.1. The van der Waals surface area contributed by atoms with Gasteiger partial charge < -0.3 is 15.5 Å². The van der Waals surface area contributed by atoms with E-state index < -0.39 is 6.04 Å². The molecule has 1 aliphatic heterocycles. The number of para-hydroxylation sites is 1. The van der Waals surface area contributed by atoms with Crippen LogP contribution in [0.5, 0.6) is 0 Å². The summed E-state index contributed by atoms with van der Waals surface area (Å²) in [6.45, 7) is 2.83. The maximum absolute atomic E-state index is 12.8. The van der Waals surface area contributed by atoms with Gasteiger partial charge in [-0.1, -0.05) is 41.9 Å². The molecule has 2 amide bonds. The molecule has 2 aliphatic carbocycles. The van der Waals surface area contributed by atoms with Gasteiger partial charge in [0.05, 0.1) is 0 Å². The number of benzene rings is 2. The van der Waals surface area contributed by atoms with Gasteiger partial charge in [-0.25, -0.2) is 0 Å². The summed E-state index contributed by atoms with van der Waals surface area (Å²) in [6.07, 6.45) is 6.19. The smallest absolute Gasteiger partial charge is 0.239 e. The van der Waals surface area contributed by atoms with E-state index in [4.69, 9.17) is 17.3 Å². The summed E-state index contributed by atoms with van der Waals surface area (Å²) in [6, 6.07) is 15.7. The lowest BCUT2D eigenvalue weighted by Gasteiger charge is -2.38. The summed E-state index contributed by atoms with van der Waals surface area (Å²) in [5, 5.41) is 4.37. The fraction of sp³-hybridized carbons (Fsp3) is 0.500. The molecule has 0 bridgehead atoms. The predicted octanol–water partition coefficient (Wildman–Crippen LogP) is 3.93. The Morgan fingerprint density at radius 1 is 0.943 bits per heavy atom. The average Bonchev–Trinajstić information content (AvgIpc) is 3.79. The van der Waals surface area contributed by atoms with E-state index in [-0.39, 0.29) is 11.8 Å². The number of hydrogen-bond donors (Lipinski definition) is 2. The highest BCUT2D eigenvalue weighted by Gasteiger charge is 2.43. The molecule has 2 aromatic rings. The number of halogens is 1. The molecule has 0 radical (unpaired) electrons. The minimum atomic E-state index is -0.489. The second-order valence-corrected chi connectivity index (χ2v) is 10.7. The van der Waals surface area contributed by atoms with Crippen molar-refractivity contribution in [3.8, 4) is 0 Å². The molecule has 2 aromatic carbocycles. The molecule has 1 atom stereocenters. The zero-order chi connectivity index (χ0) is 24.4. The Labute approximate surface area is 212 Å². The van der Waals surface area contributed by atoms with Crippen LogP contribution >= 0.6 is 11.6 Å². The van der Waals surface area contributed by atoms with Crippen molar-refractivity contribution in [3.05, 3.63) is 64.7 Å². The van der Waals surface area contributed by atoms with Crippen molar-refractivity contribution in [1.29, 1.82) is 0 Å². The Kier molecular flexibility index (Phi) is 7.30. The highest BCUT2D eigenvalue weighted by Crippen LogP contribution is 2.45. The first-order chi connectivity index (χ1) is 17.0. The van der Waals surface area contributed by atoms with Crippen LogP contribution in [0.4, 0.5) is 5.69 Å². The predicted molar refractivity (Wildman–Crippen MR) is 139 cm³/mol. The molecular formula is C28H35ClN4O2. The highest BCUT2D eigenvalue weighted by atomic mass is 35.5. The van der Waals surface area contributed by atoms with Gasteiger partial charge in [0.2, 0.25) is 11.8 Å². The standard InChI is InChI=1S/C28H35ClN4O2/c29-22-12-5-19(6-13-22)7-14-25(34)33-17-15-32(16-18-33)24-4-2-1-3-23(24)27(28(30)35)31-26(20-8-9-20)21-10-11-21/h1-6,12-13,20-21,26-27,31H,7-11,14-18H2,(H2,30,35). The molecule has 3 fully saturated rings. The highest BCUT2D eigenvalue weighted by molar-refractivity contribution is 6.30. The molecule has 7 heteroatoms. The van der Waals surface area contributed by atoms with E-state index in [0.29, 0.717) is 48.8 Å². The molecule has 35 heavy (non-hydrogen) atoms. The van der Waals surface area contributed by atoms with Gasteiger partial charge in [-0.3, -0.25) is 14.9 Å². The summed E-state index contributed by atoms with van der Waals surface area (Å²) >= 11 is 5.96. The number of hydrogen-bond acceptors (Lipinski definition) is 4. The van der Waals surface area contributed by atoms with Crippen LogP contribution in [0.2, 0.25) is 5.02 Å². The summed E-state index contributed by atoms with van der Waals surface area (Å²) in [5.41, 5.74) is 9.05. The van der Waals surface area contributed by atoms with E-state index in [9.17, 15) is 9.59 Å². The molecule has 0 spiro atoms. The molecule has 3 N–H and O–H groups in total. The van der Waals surface area contributed by atoms with Gasteiger partial charge in [0, 0.05) is 54.9 Å². The third-order valence-electron chi connectivity index (χ3n) is 7.67. The first-order valence-corrected chi connectivity index (χ1v) is 13.3. The zero-order valence-electron chi connectivity index (χ0n) is 20.2. The number of nitrogens with zero attached hydrogens (tertiary/aromatic N) is 2. The number of carbonyl (C=O) groups is 2. The van der Waals surface area contributed by atoms with E-state index in [1.807, 2.05) is 47.4 Å². The van der Waals surface area contributed by atoms with Crippen LogP contribution in [0.25, 0.3) is 0 Å². The number of anilines is 1. The van der Waals surface area contributed by atoms with Crippen LogP contribution in [0.3, 0.4) is 0 Å². The largest absolute Gasteiger partial charge is 0.368 e. The summed E-state index contributed by atoms with van der Waals surface area (Å²) in [7, 11) is 0. The third-order valence-corrected chi connectivity index (χ3v) is 7.92. The number of primary amides is 1. The van der Waals surface area contributed by atoms with Crippen LogP contribution in [0, 0.1) is 11.8 Å². The number of rotatable bonds is 10. The van der Waals surface area contributed by atoms with Gasteiger partial charge in [0.25, 0.3) is 0 Å². The Hall–Kier alpha value is -2.57. The van der Waals surface area contributed by atoms with E-state index in [2.05, 4.69) is 16.3 Å². The fourth-order valence-corrected chi connectivity index (χ4v) is 5.49. The van der Waals surface area contributed by atoms with Gasteiger partial charge in [-0.2, -0.15) is 0 Å². The quantitative estimate of drug-likeness (QED) is 0.524. The van der Waals surface area contributed by atoms with E-state index in [1.54, 1.807) is 0 Å². The number of amides is 2. The number of carbonyl (C=O) groups excluding carboxylic acids is 2. The first-order valence-electron chi connectivity index (χ1n) is 12.9. The number of piperazine rings is 1. The third kappa shape index (κ3) is 5.99. The van der Waals surface area contributed by atoms with Crippen molar-refractivity contribution in [2.75, 3.05) is 31.1 Å². The van der Waals surface area contributed by atoms with E-state index >= 15 is 0 Å². The molecular weight excluding hydrogens is 460 g/mol. The second kappa shape index (κ2) is 10.6. The van der Waals surface area contributed by atoms with Crippen molar-refractivity contribution in [1.82, 2.24) is 10.2 Å². The summed E-state index contributed by atoms with van der Waals surface area (Å²) in [5.74, 6) is 1.22. The Balaban J connectivity index is 1.21. The molecule has 5 rings (SSSR count). The maximum atomic E-state index is 12.8. The number of aryl methyl sites for hydroxylation is 1. The maximum Gasteiger partial charge on any atom is 0.239 e. The molecule has 186 valence electrons. The minimum Gasteiger partial charge on any atom is -0.368 e. The van der Waals surface area contributed by atoms with Gasteiger partial charge in [-0.05, 0) is 67.7 Å². The van der Waals surface area contributed by atoms with Crippen molar-refractivity contribution >= 4 is 29.1 Å². The molecule has 1 saturated heterocycles. The van der Waals surface area contributed by atoms with E-state index in [1.165, 1.54) is 25.7 Å². The number of nitrogens with two attached hydrogens (primary N) is 1. The molecule has 2 saturated carbocycles. The Morgan fingerprint density at radius 2 is 1.57 bits per heavy atom. The van der Waals surface area contributed by atoms with Crippen LogP contribution < -0.4 is 16.0 Å². The second-order valence-electron chi connectivity index (χ2n) is 10.3. The normalized spacial score (nSPS) is 19.1. The van der Waals surface area contributed by atoms with Crippen molar-refractivity contribution in [2.45, 2.75) is 50.6 Å². The fourth-order valence-electron chi connectivity index (χ4n) is 5.36. The Morgan fingerprint density at radius 3 is 2.17 bits per heavy atom. The van der Waals surface area contributed by atoms with Crippen molar-refractivity contribution in [3.63, 3.8) is 0 Å². The molecule has 6 nitrogen and oxygen atoms in total. The molecule has 0 aromatic heterocycles. The summed E-state index contributed by atoms with van der Waals surface area (Å²) < 4.78 is 0. The van der Waals surface area contributed by atoms with Gasteiger partial charge in [0.15, 0.2) is 0 Å². The van der Waals surface area contributed by atoms with Crippen LogP contribution in [0.15, 0.2) is 48.5 Å².